The molecule has 0 aliphatic carbocycles. The standard InChI is InChI=1S/C18H22N2O4/c1-18(2,3)24-17(22)20-10-6-9-15(20)16(21)23-12-14-8-5-4-7-13(14)11-19/h4-5,7-8,15H,6,9-10,12H2,1-3H3/t15-/m0/s1. The quantitative estimate of drug-likeness (QED) is 0.796. The molecule has 1 aliphatic rings. The minimum atomic E-state index is -0.630. The summed E-state index contributed by atoms with van der Waals surface area (Å²) in [4.78, 5) is 26.0. The Labute approximate surface area is 142 Å². The lowest BCUT2D eigenvalue weighted by Crippen LogP contribution is -2.44. The number of carbonyl (C=O) groups is 2. The van der Waals surface area contributed by atoms with Crippen LogP contribution < -0.4 is 0 Å². The van der Waals surface area contributed by atoms with Crippen LogP contribution in [-0.4, -0.2) is 35.2 Å². The Morgan fingerprint density at radius 3 is 2.71 bits per heavy atom. The molecule has 6 nitrogen and oxygen atoms in total. The van der Waals surface area contributed by atoms with E-state index in [9.17, 15) is 9.59 Å². The molecular weight excluding hydrogens is 308 g/mol. The number of carbonyl (C=O) groups excluding carboxylic acids is 2. The van der Waals surface area contributed by atoms with E-state index in [0.717, 1.165) is 6.42 Å². The topological polar surface area (TPSA) is 79.6 Å². The first-order valence-electron chi connectivity index (χ1n) is 7.96. The fourth-order valence-corrected chi connectivity index (χ4v) is 2.55. The summed E-state index contributed by atoms with van der Waals surface area (Å²) in [6.45, 7) is 5.85. The average molecular weight is 330 g/mol. The Kier molecular flexibility index (Phi) is 5.45. The molecule has 1 saturated heterocycles. The summed E-state index contributed by atoms with van der Waals surface area (Å²) in [6.07, 6.45) is 0.783. The van der Waals surface area contributed by atoms with E-state index < -0.39 is 23.7 Å². The van der Waals surface area contributed by atoms with Crippen molar-refractivity contribution < 1.29 is 19.1 Å². The molecule has 1 heterocycles. The van der Waals surface area contributed by atoms with Gasteiger partial charge in [0.2, 0.25) is 0 Å². The highest BCUT2D eigenvalue weighted by molar-refractivity contribution is 5.82. The Hall–Kier alpha value is -2.55. The van der Waals surface area contributed by atoms with Crippen LogP contribution in [-0.2, 0) is 20.9 Å². The molecule has 1 amide bonds. The molecular formula is C18H22N2O4. The minimum Gasteiger partial charge on any atom is -0.459 e. The van der Waals surface area contributed by atoms with Crippen molar-refractivity contribution in [3.8, 4) is 6.07 Å². The van der Waals surface area contributed by atoms with E-state index in [0.29, 0.717) is 24.1 Å². The normalized spacial score (nSPS) is 17.2. The summed E-state index contributed by atoms with van der Waals surface area (Å²) in [5, 5.41) is 9.06. The highest BCUT2D eigenvalue weighted by Gasteiger charge is 2.37. The Morgan fingerprint density at radius 2 is 2.04 bits per heavy atom. The van der Waals surface area contributed by atoms with E-state index in [2.05, 4.69) is 6.07 Å². The molecule has 1 aromatic carbocycles. The molecule has 6 heteroatoms. The highest BCUT2D eigenvalue weighted by atomic mass is 16.6. The molecule has 0 N–H and O–H groups in total. The van der Waals surface area contributed by atoms with Gasteiger partial charge < -0.3 is 9.47 Å². The Balaban J connectivity index is 1.98. The third-order valence-electron chi connectivity index (χ3n) is 3.66. The van der Waals surface area contributed by atoms with Crippen LogP contribution in [0.4, 0.5) is 4.79 Å². The van der Waals surface area contributed by atoms with Crippen LogP contribution in [0.25, 0.3) is 0 Å². The third-order valence-corrected chi connectivity index (χ3v) is 3.66. The van der Waals surface area contributed by atoms with Crippen LogP contribution in [0.15, 0.2) is 24.3 Å². The van der Waals surface area contributed by atoms with Crippen molar-refractivity contribution in [3.63, 3.8) is 0 Å². The number of nitriles is 1. The number of benzene rings is 1. The SMILES string of the molecule is CC(C)(C)OC(=O)N1CCC[C@H]1C(=O)OCc1ccccc1C#N. The summed E-state index contributed by atoms with van der Waals surface area (Å²) in [6, 6.07) is 8.39. The number of rotatable bonds is 3. The van der Waals surface area contributed by atoms with Crippen molar-refractivity contribution in [1.82, 2.24) is 4.90 Å². The summed E-state index contributed by atoms with van der Waals surface area (Å²) in [5.74, 6) is -0.467. The highest BCUT2D eigenvalue weighted by Crippen LogP contribution is 2.22. The first-order chi connectivity index (χ1) is 11.3. The number of likely N-dealkylation sites (tertiary alicyclic amines) is 1. The van der Waals surface area contributed by atoms with Gasteiger partial charge in [0.25, 0.3) is 0 Å². The summed E-state index contributed by atoms with van der Waals surface area (Å²) in [5.41, 5.74) is 0.510. The molecule has 0 aromatic heterocycles. The number of nitrogens with zero attached hydrogens (tertiary/aromatic N) is 2. The van der Waals surface area contributed by atoms with E-state index in [4.69, 9.17) is 14.7 Å². The van der Waals surface area contributed by atoms with Crippen molar-refractivity contribution in [3.05, 3.63) is 35.4 Å². The van der Waals surface area contributed by atoms with E-state index in [1.807, 2.05) is 0 Å². The summed E-state index contributed by atoms with van der Waals surface area (Å²) < 4.78 is 10.7. The fourth-order valence-electron chi connectivity index (χ4n) is 2.55. The van der Waals surface area contributed by atoms with Crippen LogP contribution >= 0.6 is 0 Å². The van der Waals surface area contributed by atoms with Gasteiger partial charge in [0, 0.05) is 12.1 Å². The van der Waals surface area contributed by atoms with E-state index in [1.165, 1.54) is 4.90 Å². The number of ether oxygens (including phenoxy) is 2. The zero-order chi connectivity index (χ0) is 17.7. The van der Waals surface area contributed by atoms with Gasteiger partial charge in [-0.2, -0.15) is 5.26 Å². The molecule has 0 bridgehead atoms. The second kappa shape index (κ2) is 7.35. The predicted octanol–water partition coefficient (Wildman–Crippen LogP) is 3.00. The Bertz CT molecular complexity index is 658. The molecule has 0 unspecified atom stereocenters. The number of hydrogen-bond acceptors (Lipinski definition) is 5. The predicted molar refractivity (Wildman–Crippen MR) is 86.9 cm³/mol. The molecule has 1 fully saturated rings. The molecule has 128 valence electrons. The Morgan fingerprint density at radius 1 is 1.33 bits per heavy atom. The molecule has 1 atom stereocenters. The van der Waals surface area contributed by atoms with Crippen LogP contribution in [0.1, 0.15) is 44.7 Å². The molecule has 2 rings (SSSR count). The number of hydrogen-bond donors (Lipinski definition) is 0. The van der Waals surface area contributed by atoms with Crippen LogP contribution in [0.3, 0.4) is 0 Å². The summed E-state index contributed by atoms with van der Waals surface area (Å²) in [7, 11) is 0. The minimum absolute atomic E-state index is 0.0151. The first kappa shape index (κ1) is 17.8. The van der Waals surface area contributed by atoms with Gasteiger partial charge in [0.05, 0.1) is 11.6 Å². The van der Waals surface area contributed by atoms with E-state index in [-0.39, 0.29) is 6.61 Å². The van der Waals surface area contributed by atoms with Crippen LogP contribution in [0, 0.1) is 11.3 Å². The maximum absolute atomic E-state index is 12.3. The van der Waals surface area contributed by atoms with Crippen LogP contribution in [0.5, 0.6) is 0 Å². The van der Waals surface area contributed by atoms with Crippen LogP contribution in [0.2, 0.25) is 0 Å². The molecule has 0 saturated carbocycles. The third kappa shape index (κ3) is 4.48. The van der Waals surface area contributed by atoms with Crippen molar-refractivity contribution >= 4 is 12.1 Å². The van der Waals surface area contributed by atoms with E-state index in [1.54, 1.807) is 45.0 Å². The van der Waals surface area contributed by atoms with Gasteiger partial charge in [-0.1, -0.05) is 18.2 Å². The summed E-state index contributed by atoms with van der Waals surface area (Å²) >= 11 is 0. The van der Waals surface area contributed by atoms with Gasteiger partial charge in [-0.15, -0.1) is 0 Å². The van der Waals surface area contributed by atoms with Gasteiger partial charge in [-0.05, 0) is 39.7 Å². The van der Waals surface area contributed by atoms with Crippen molar-refractivity contribution in [2.75, 3.05) is 6.54 Å². The number of amides is 1. The molecule has 24 heavy (non-hydrogen) atoms. The maximum Gasteiger partial charge on any atom is 0.411 e. The van der Waals surface area contributed by atoms with Crippen molar-refractivity contribution in [2.45, 2.75) is 51.9 Å². The van der Waals surface area contributed by atoms with Gasteiger partial charge in [-0.3, -0.25) is 4.90 Å². The first-order valence-corrected chi connectivity index (χ1v) is 7.96. The lowest BCUT2D eigenvalue weighted by Gasteiger charge is -2.27. The lowest BCUT2D eigenvalue weighted by atomic mass is 10.1. The van der Waals surface area contributed by atoms with Gasteiger partial charge in [-0.25, -0.2) is 9.59 Å². The zero-order valence-corrected chi connectivity index (χ0v) is 14.2. The molecule has 1 aliphatic heterocycles. The average Bonchev–Trinajstić information content (AvgIpc) is 3.01. The van der Waals surface area contributed by atoms with Crippen molar-refractivity contribution in [2.24, 2.45) is 0 Å². The molecule has 0 spiro atoms. The van der Waals surface area contributed by atoms with Crippen molar-refractivity contribution in [1.29, 1.82) is 5.26 Å². The fraction of sp³-hybridized carbons (Fsp3) is 0.500. The van der Waals surface area contributed by atoms with Gasteiger partial charge in [0.15, 0.2) is 0 Å². The molecule has 1 aromatic rings. The maximum atomic E-state index is 12.3. The molecule has 0 radical (unpaired) electrons. The lowest BCUT2D eigenvalue weighted by molar-refractivity contribution is -0.150. The largest absolute Gasteiger partial charge is 0.459 e. The smallest absolute Gasteiger partial charge is 0.411 e. The van der Waals surface area contributed by atoms with E-state index >= 15 is 0 Å². The van der Waals surface area contributed by atoms with Gasteiger partial charge >= 0.3 is 12.1 Å². The number of esters is 1. The monoisotopic (exact) mass is 330 g/mol. The zero-order valence-electron chi connectivity index (χ0n) is 14.2. The second-order valence-corrected chi connectivity index (χ2v) is 6.71. The van der Waals surface area contributed by atoms with Gasteiger partial charge in [0.1, 0.15) is 18.2 Å². The second-order valence-electron chi connectivity index (χ2n) is 6.71.